The molecule has 1 N–H and O–H groups in total. The molecule has 0 bridgehead atoms. The molecule has 0 aromatic heterocycles. The summed E-state index contributed by atoms with van der Waals surface area (Å²) in [5, 5.41) is 9.27. The molecule has 1 saturated carbocycles. The molecular formula is C18H20O. The molecule has 0 heterocycles. The topological polar surface area (TPSA) is 20.2 Å². The van der Waals surface area contributed by atoms with Gasteiger partial charge in [0.05, 0.1) is 0 Å². The molecule has 2 aromatic carbocycles. The minimum Gasteiger partial charge on any atom is -0.508 e. The first-order valence-electron chi connectivity index (χ1n) is 7.13. The largest absolute Gasteiger partial charge is 0.508 e. The summed E-state index contributed by atoms with van der Waals surface area (Å²) in [5.41, 5.74) is 2.81. The maximum absolute atomic E-state index is 9.27. The molecule has 1 nitrogen and oxygen atoms in total. The first-order chi connectivity index (χ1) is 9.31. The standard InChI is InChI=1S/C18H20O/c19-18-10-7-15(8-11-18)12-17-13-16(17)9-6-14-4-2-1-3-5-14/h1-5,7-8,10-11,16-17,19H,6,9,12-13H2. The molecule has 1 aliphatic carbocycles. The molecule has 0 spiro atoms. The van der Waals surface area contributed by atoms with Crippen molar-refractivity contribution in [3.63, 3.8) is 0 Å². The van der Waals surface area contributed by atoms with Gasteiger partial charge < -0.3 is 5.11 Å². The highest BCUT2D eigenvalue weighted by Crippen LogP contribution is 2.44. The van der Waals surface area contributed by atoms with Gasteiger partial charge in [-0.25, -0.2) is 0 Å². The van der Waals surface area contributed by atoms with Crippen molar-refractivity contribution in [3.05, 3.63) is 65.7 Å². The number of aryl methyl sites for hydroxylation is 1. The third-order valence-electron chi connectivity index (χ3n) is 4.15. The molecule has 1 heteroatoms. The summed E-state index contributed by atoms with van der Waals surface area (Å²) in [4.78, 5) is 0. The smallest absolute Gasteiger partial charge is 0.115 e. The van der Waals surface area contributed by atoms with Crippen molar-refractivity contribution in [1.29, 1.82) is 0 Å². The van der Waals surface area contributed by atoms with Crippen LogP contribution in [0.25, 0.3) is 0 Å². The molecule has 2 unspecified atom stereocenters. The monoisotopic (exact) mass is 252 g/mol. The molecule has 0 radical (unpaired) electrons. The highest BCUT2D eigenvalue weighted by Gasteiger charge is 2.35. The van der Waals surface area contributed by atoms with E-state index in [2.05, 4.69) is 30.3 Å². The summed E-state index contributed by atoms with van der Waals surface area (Å²) in [6.07, 6.45) is 5.05. The second-order valence-corrected chi connectivity index (χ2v) is 5.65. The number of benzene rings is 2. The van der Waals surface area contributed by atoms with Crippen molar-refractivity contribution in [2.75, 3.05) is 0 Å². The fourth-order valence-electron chi connectivity index (χ4n) is 2.85. The summed E-state index contributed by atoms with van der Waals surface area (Å²) < 4.78 is 0. The van der Waals surface area contributed by atoms with Crippen molar-refractivity contribution in [1.82, 2.24) is 0 Å². The number of hydrogen-bond acceptors (Lipinski definition) is 1. The van der Waals surface area contributed by atoms with E-state index in [-0.39, 0.29) is 0 Å². The van der Waals surface area contributed by atoms with E-state index in [1.54, 1.807) is 12.1 Å². The Labute approximate surface area is 114 Å². The number of hydrogen-bond donors (Lipinski definition) is 1. The Balaban J connectivity index is 1.45. The summed E-state index contributed by atoms with van der Waals surface area (Å²) in [5.74, 6) is 2.11. The van der Waals surface area contributed by atoms with Gasteiger partial charge in [-0.2, -0.15) is 0 Å². The molecule has 0 saturated heterocycles. The Morgan fingerprint density at radius 3 is 2.32 bits per heavy atom. The van der Waals surface area contributed by atoms with Gasteiger partial charge in [-0.1, -0.05) is 42.5 Å². The summed E-state index contributed by atoms with van der Waals surface area (Å²) >= 11 is 0. The predicted octanol–water partition coefficient (Wildman–Crippen LogP) is 4.20. The first kappa shape index (κ1) is 12.3. The molecular weight excluding hydrogens is 232 g/mol. The summed E-state index contributed by atoms with van der Waals surface area (Å²) in [7, 11) is 0. The van der Waals surface area contributed by atoms with Gasteiger partial charge >= 0.3 is 0 Å². The van der Waals surface area contributed by atoms with Gasteiger partial charge in [-0.15, -0.1) is 0 Å². The van der Waals surface area contributed by atoms with E-state index in [4.69, 9.17) is 0 Å². The van der Waals surface area contributed by atoms with Crippen LogP contribution in [0, 0.1) is 11.8 Å². The van der Waals surface area contributed by atoms with Gasteiger partial charge in [-0.3, -0.25) is 0 Å². The predicted molar refractivity (Wildman–Crippen MR) is 78.2 cm³/mol. The summed E-state index contributed by atoms with van der Waals surface area (Å²) in [6.45, 7) is 0. The highest BCUT2D eigenvalue weighted by atomic mass is 16.3. The lowest BCUT2D eigenvalue weighted by molar-refractivity contribution is 0.475. The van der Waals surface area contributed by atoms with Gasteiger partial charge in [0.1, 0.15) is 5.75 Å². The van der Waals surface area contributed by atoms with Gasteiger partial charge in [0.2, 0.25) is 0 Å². The van der Waals surface area contributed by atoms with Crippen LogP contribution in [0.15, 0.2) is 54.6 Å². The average Bonchev–Trinajstić information content (AvgIpc) is 3.19. The zero-order chi connectivity index (χ0) is 13.1. The fraction of sp³-hybridized carbons (Fsp3) is 0.333. The van der Waals surface area contributed by atoms with Crippen LogP contribution in [0.4, 0.5) is 0 Å². The number of phenols is 1. The van der Waals surface area contributed by atoms with Crippen LogP contribution in [-0.4, -0.2) is 5.11 Å². The molecule has 2 atom stereocenters. The van der Waals surface area contributed by atoms with Crippen molar-refractivity contribution >= 4 is 0 Å². The maximum atomic E-state index is 9.27. The lowest BCUT2D eigenvalue weighted by atomic mass is 10.0. The minimum absolute atomic E-state index is 0.361. The fourth-order valence-corrected chi connectivity index (χ4v) is 2.85. The van der Waals surface area contributed by atoms with E-state index in [1.165, 1.54) is 36.8 Å². The maximum Gasteiger partial charge on any atom is 0.115 e. The van der Waals surface area contributed by atoms with E-state index < -0.39 is 0 Å². The lowest BCUT2D eigenvalue weighted by Gasteiger charge is -2.02. The zero-order valence-electron chi connectivity index (χ0n) is 11.1. The second kappa shape index (κ2) is 5.48. The minimum atomic E-state index is 0.361. The first-order valence-corrected chi connectivity index (χ1v) is 7.13. The van der Waals surface area contributed by atoms with E-state index >= 15 is 0 Å². The summed E-state index contributed by atoms with van der Waals surface area (Å²) in [6, 6.07) is 18.4. The number of phenolic OH excluding ortho intramolecular Hbond substituents is 1. The Hall–Kier alpha value is -1.76. The van der Waals surface area contributed by atoms with E-state index in [1.807, 2.05) is 12.1 Å². The van der Waals surface area contributed by atoms with E-state index in [0.717, 1.165) is 11.8 Å². The lowest BCUT2D eigenvalue weighted by Crippen LogP contribution is -1.92. The third-order valence-corrected chi connectivity index (χ3v) is 4.15. The van der Waals surface area contributed by atoms with Crippen molar-refractivity contribution in [2.45, 2.75) is 25.7 Å². The van der Waals surface area contributed by atoms with Crippen molar-refractivity contribution in [3.8, 4) is 5.75 Å². The van der Waals surface area contributed by atoms with Gasteiger partial charge in [0.25, 0.3) is 0 Å². The zero-order valence-corrected chi connectivity index (χ0v) is 11.1. The Morgan fingerprint density at radius 1 is 0.842 bits per heavy atom. The van der Waals surface area contributed by atoms with Gasteiger partial charge in [0, 0.05) is 0 Å². The highest BCUT2D eigenvalue weighted by molar-refractivity contribution is 5.26. The van der Waals surface area contributed by atoms with Crippen LogP contribution in [0.5, 0.6) is 5.75 Å². The van der Waals surface area contributed by atoms with Crippen LogP contribution < -0.4 is 0 Å². The number of aromatic hydroxyl groups is 1. The second-order valence-electron chi connectivity index (χ2n) is 5.65. The molecule has 19 heavy (non-hydrogen) atoms. The SMILES string of the molecule is Oc1ccc(CC2CC2CCc2ccccc2)cc1. The van der Waals surface area contributed by atoms with Crippen LogP contribution >= 0.6 is 0 Å². The van der Waals surface area contributed by atoms with Crippen LogP contribution in [0.3, 0.4) is 0 Å². The van der Waals surface area contributed by atoms with Crippen LogP contribution in [-0.2, 0) is 12.8 Å². The van der Waals surface area contributed by atoms with Gasteiger partial charge in [-0.05, 0) is 60.8 Å². The molecule has 0 amide bonds. The molecule has 1 aliphatic rings. The Morgan fingerprint density at radius 2 is 1.58 bits per heavy atom. The van der Waals surface area contributed by atoms with Crippen molar-refractivity contribution in [2.24, 2.45) is 11.8 Å². The van der Waals surface area contributed by atoms with Crippen LogP contribution in [0.2, 0.25) is 0 Å². The molecule has 1 fully saturated rings. The van der Waals surface area contributed by atoms with Crippen molar-refractivity contribution < 1.29 is 5.11 Å². The van der Waals surface area contributed by atoms with E-state index in [9.17, 15) is 5.11 Å². The Bertz CT molecular complexity index is 515. The van der Waals surface area contributed by atoms with E-state index in [0.29, 0.717) is 5.75 Å². The Kier molecular flexibility index (Phi) is 3.54. The molecule has 2 aromatic rings. The number of rotatable bonds is 5. The molecule has 0 aliphatic heterocycles. The quantitative estimate of drug-likeness (QED) is 0.845. The van der Waals surface area contributed by atoms with Crippen LogP contribution in [0.1, 0.15) is 24.0 Å². The molecule has 98 valence electrons. The van der Waals surface area contributed by atoms with Gasteiger partial charge in [0.15, 0.2) is 0 Å². The average molecular weight is 252 g/mol. The molecule has 3 rings (SSSR count). The normalized spacial score (nSPS) is 21.3. The third kappa shape index (κ3) is 3.37.